The van der Waals surface area contributed by atoms with Crippen LogP contribution in [0.25, 0.3) is 0 Å². The van der Waals surface area contributed by atoms with Crippen LogP contribution in [-0.2, 0) is 17.6 Å². The minimum absolute atomic E-state index is 0. The van der Waals surface area contributed by atoms with Crippen LogP contribution in [-0.4, -0.2) is 37.6 Å². The number of nitrogens with two attached hydrogens (primary N) is 1. The monoisotopic (exact) mass is 366 g/mol. The fraction of sp³-hybridized carbons (Fsp3) is 0.316. The number of nitrogens with zero attached hydrogens (tertiary/aromatic N) is 1. The highest BCUT2D eigenvalue weighted by atomic mass is 35.5. The summed E-state index contributed by atoms with van der Waals surface area (Å²) in [6, 6.07) is 14.6. The van der Waals surface area contributed by atoms with E-state index in [1.165, 1.54) is 24.8 Å². The SMILES string of the molecule is COc1ccc(CC(=O)N(CCN)CCc2ccccc2)cc1F.Cl. The number of halogens is 2. The fourth-order valence-corrected chi connectivity index (χ4v) is 2.53. The number of hydrogen-bond donors (Lipinski definition) is 1. The maximum atomic E-state index is 13.7. The van der Waals surface area contributed by atoms with E-state index in [2.05, 4.69) is 0 Å². The quantitative estimate of drug-likeness (QED) is 0.781. The molecular formula is C19H24ClFN2O2. The number of ether oxygens (including phenoxy) is 1. The molecule has 0 aliphatic heterocycles. The first-order valence-corrected chi connectivity index (χ1v) is 7.98. The summed E-state index contributed by atoms with van der Waals surface area (Å²) in [6.07, 6.45) is 0.916. The molecule has 2 N–H and O–H groups in total. The number of methoxy groups -OCH3 is 1. The van der Waals surface area contributed by atoms with Gasteiger partial charge in [-0.15, -0.1) is 12.4 Å². The second-order valence-corrected chi connectivity index (χ2v) is 5.55. The van der Waals surface area contributed by atoms with Gasteiger partial charge < -0.3 is 15.4 Å². The molecule has 0 radical (unpaired) electrons. The maximum Gasteiger partial charge on any atom is 0.227 e. The van der Waals surface area contributed by atoms with Crippen LogP contribution >= 0.6 is 12.4 Å². The van der Waals surface area contributed by atoms with Crippen molar-refractivity contribution in [3.63, 3.8) is 0 Å². The van der Waals surface area contributed by atoms with Gasteiger partial charge in [-0.3, -0.25) is 4.79 Å². The Kier molecular flexibility index (Phi) is 8.95. The predicted octanol–water partition coefficient (Wildman–Crippen LogP) is 2.83. The van der Waals surface area contributed by atoms with Crippen molar-refractivity contribution in [2.75, 3.05) is 26.7 Å². The minimum Gasteiger partial charge on any atom is -0.494 e. The Bertz CT molecular complexity index is 668. The molecule has 25 heavy (non-hydrogen) atoms. The number of benzene rings is 2. The lowest BCUT2D eigenvalue weighted by molar-refractivity contribution is -0.130. The average molecular weight is 367 g/mol. The Balaban J connectivity index is 0.00000312. The summed E-state index contributed by atoms with van der Waals surface area (Å²) in [5, 5.41) is 0. The van der Waals surface area contributed by atoms with Gasteiger partial charge in [0.2, 0.25) is 5.91 Å². The van der Waals surface area contributed by atoms with Crippen LogP contribution in [0.5, 0.6) is 5.75 Å². The van der Waals surface area contributed by atoms with Crippen molar-refractivity contribution in [2.24, 2.45) is 5.73 Å². The lowest BCUT2D eigenvalue weighted by Crippen LogP contribution is -2.37. The van der Waals surface area contributed by atoms with Crippen LogP contribution < -0.4 is 10.5 Å². The lowest BCUT2D eigenvalue weighted by atomic mass is 10.1. The molecule has 0 fully saturated rings. The van der Waals surface area contributed by atoms with E-state index in [9.17, 15) is 9.18 Å². The molecule has 0 saturated heterocycles. The largest absolute Gasteiger partial charge is 0.494 e. The molecule has 4 nitrogen and oxygen atoms in total. The Morgan fingerprint density at radius 2 is 1.84 bits per heavy atom. The van der Waals surface area contributed by atoms with Gasteiger partial charge in [0.15, 0.2) is 11.6 Å². The zero-order chi connectivity index (χ0) is 17.4. The third-order valence-electron chi connectivity index (χ3n) is 3.84. The first kappa shape index (κ1) is 20.9. The Morgan fingerprint density at radius 3 is 2.44 bits per heavy atom. The molecule has 0 spiro atoms. The molecule has 0 aliphatic rings. The molecule has 0 atom stereocenters. The van der Waals surface area contributed by atoms with E-state index < -0.39 is 5.82 Å². The van der Waals surface area contributed by atoms with E-state index in [1.807, 2.05) is 30.3 Å². The van der Waals surface area contributed by atoms with Crippen molar-refractivity contribution >= 4 is 18.3 Å². The molecule has 6 heteroatoms. The van der Waals surface area contributed by atoms with Gasteiger partial charge in [-0.2, -0.15) is 0 Å². The molecule has 2 aromatic rings. The molecule has 0 aromatic heterocycles. The normalized spacial score (nSPS) is 10.0. The van der Waals surface area contributed by atoms with Gasteiger partial charge in [-0.25, -0.2) is 4.39 Å². The zero-order valence-electron chi connectivity index (χ0n) is 14.3. The third kappa shape index (κ3) is 6.36. The van der Waals surface area contributed by atoms with E-state index in [-0.39, 0.29) is 30.5 Å². The van der Waals surface area contributed by atoms with Crippen LogP contribution in [0.4, 0.5) is 4.39 Å². The summed E-state index contributed by atoms with van der Waals surface area (Å²) < 4.78 is 18.6. The van der Waals surface area contributed by atoms with Gasteiger partial charge in [0, 0.05) is 19.6 Å². The highest BCUT2D eigenvalue weighted by Crippen LogP contribution is 2.18. The molecule has 0 unspecified atom stereocenters. The molecule has 136 valence electrons. The van der Waals surface area contributed by atoms with Crippen LogP contribution in [0.15, 0.2) is 48.5 Å². The van der Waals surface area contributed by atoms with Gasteiger partial charge in [-0.1, -0.05) is 36.4 Å². The highest BCUT2D eigenvalue weighted by Gasteiger charge is 2.14. The summed E-state index contributed by atoms with van der Waals surface area (Å²) in [5.41, 5.74) is 7.42. The maximum absolute atomic E-state index is 13.7. The van der Waals surface area contributed by atoms with Crippen LogP contribution in [0, 0.1) is 5.82 Å². The summed E-state index contributed by atoms with van der Waals surface area (Å²) >= 11 is 0. The van der Waals surface area contributed by atoms with E-state index in [0.717, 1.165) is 6.42 Å². The van der Waals surface area contributed by atoms with Crippen molar-refractivity contribution in [1.29, 1.82) is 0 Å². The van der Waals surface area contributed by atoms with Crippen LogP contribution in [0.2, 0.25) is 0 Å². The fourth-order valence-electron chi connectivity index (χ4n) is 2.53. The number of carbonyl (C=O) groups excluding carboxylic acids is 1. The lowest BCUT2D eigenvalue weighted by Gasteiger charge is -2.22. The summed E-state index contributed by atoms with van der Waals surface area (Å²) in [6.45, 7) is 1.49. The standard InChI is InChI=1S/C19H23FN2O2.ClH/c1-24-18-8-7-16(13-17(18)20)14-19(23)22(12-10-21)11-9-15-5-3-2-4-6-15;/h2-8,13H,9-12,14,21H2,1H3;1H. The number of rotatable bonds is 8. The molecule has 0 aliphatic carbocycles. The van der Waals surface area contributed by atoms with Crippen molar-refractivity contribution < 1.29 is 13.9 Å². The van der Waals surface area contributed by atoms with Crippen LogP contribution in [0.1, 0.15) is 11.1 Å². The van der Waals surface area contributed by atoms with E-state index in [0.29, 0.717) is 25.2 Å². The van der Waals surface area contributed by atoms with Gasteiger partial charge >= 0.3 is 0 Å². The molecular weight excluding hydrogens is 343 g/mol. The molecule has 1 amide bonds. The van der Waals surface area contributed by atoms with Crippen LogP contribution in [0.3, 0.4) is 0 Å². The first-order valence-electron chi connectivity index (χ1n) is 7.98. The van der Waals surface area contributed by atoms with E-state index in [1.54, 1.807) is 11.0 Å². The Labute approximate surface area is 154 Å². The highest BCUT2D eigenvalue weighted by molar-refractivity contribution is 5.85. The third-order valence-corrected chi connectivity index (χ3v) is 3.84. The van der Waals surface area contributed by atoms with Gasteiger partial charge in [0.05, 0.1) is 13.5 Å². The average Bonchev–Trinajstić information content (AvgIpc) is 2.59. The number of carbonyl (C=O) groups is 1. The topological polar surface area (TPSA) is 55.6 Å². The second-order valence-electron chi connectivity index (χ2n) is 5.55. The summed E-state index contributed by atoms with van der Waals surface area (Å²) in [7, 11) is 1.41. The van der Waals surface area contributed by atoms with E-state index >= 15 is 0 Å². The van der Waals surface area contributed by atoms with Gasteiger partial charge in [-0.05, 0) is 29.7 Å². The Hall–Kier alpha value is -2.11. The van der Waals surface area contributed by atoms with Gasteiger partial charge in [0.25, 0.3) is 0 Å². The predicted molar refractivity (Wildman–Crippen MR) is 99.7 cm³/mol. The van der Waals surface area contributed by atoms with Crippen molar-refractivity contribution in [3.05, 3.63) is 65.5 Å². The van der Waals surface area contributed by atoms with Crippen molar-refractivity contribution in [2.45, 2.75) is 12.8 Å². The minimum atomic E-state index is -0.461. The number of hydrogen-bond acceptors (Lipinski definition) is 3. The van der Waals surface area contributed by atoms with E-state index in [4.69, 9.17) is 10.5 Å². The molecule has 0 bridgehead atoms. The van der Waals surface area contributed by atoms with Gasteiger partial charge in [0.1, 0.15) is 0 Å². The number of amides is 1. The smallest absolute Gasteiger partial charge is 0.227 e. The summed E-state index contributed by atoms with van der Waals surface area (Å²) in [4.78, 5) is 14.2. The molecule has 0 heterocycles. The van der Waals surface area contributed by atoms with Crippen molar-refractivity contribution in [3.8, 4) is 5.75 Å². The summed E-state index contributed by atoms with van der Waals surface area (Å²) in [5.74, 6) is -0.340. The Morgan fingerprint density at radius 1 is 1.12 bits per heavy atom. The zero-order valence-corrected chi connectivity index (χ0v) is 15.1. The molecule has 0 saturated carbocycles. The first-order chi connectivity index (χ1) is 11.6. The molecule has 2 rings (SSSR count). The second kappa shape index (κ2) is 10.7. The molecule has 2 aromatic carbocycles. The van der Waals surface area contributed by atoms with Crippen molar-refractivity contribution in [1.82, 2.24) is 4.90 Å².